The molecule has 0 aliphatic carbocycles. The molecule has 0 atom stereocenters. The predicted molar refractivity (Wildman–Crippen MR) is 85.0 cm³/mol. The topological polar surface area (TPSA) is 64.3 Å². The van der Waals surface area contributed by atoms with E-state index in [2.05, 4.69) is 5.32 Å². The minimum Gasteiger partial charge on any atom is -0.496 e. The monoisotopic (exact) mass is 324 g/mol. The molecule has 0 aromatic heterocycles. The fourth-order valence-electron chi connectivity index (χ4n) is 1.84. The summed E-state index contributed by atoms with van der Waals surface area (Å²) >= 11 is 12.0. The van der Waals surface area contributed by atoms with Crippen LogP contribution in [-0.2, 0) is 6.54 Å². The lowest BCUT2D eigenvalue weighted by Crippen LogP contribution is -2.23. The average Bonchev–Trinajstić information content (AvgIpc) is 2.48. The van der Waals surface area contributed by atoms with Gasteiger partial charge in [0.2, 0.25) is 0 Å². The zero-order valence-electron chi connectivity index (χ0n) is 11.3. The molecule has 0 fully saturated rings. The smallest absolute Gasteiger partial charge is 0.251 e. The Kier molecular flexibility index (Phi) is 4.94. The third-order valence-corrected chi connectivity index (χ3v) is 3.67. The molecule has 0 aliphatic rings. The zero-order valence-corrected chi connectivity index (χ0v) is 12.8. The fourth-order valence-corrected chi connectivity index (χ4v) is 2.25. The van der Waals surface area contributed by atoms with E-state index in [-0.39, 0.29) is 12.5 Å². The maximum atomic E-state index is 12.1. The molecular weight excluding hydrogens is 311 g/mol. The van der Waals surface area contributed by atoms with Gasteiger partial charge in [-0.15, -0.1) is 0 Å². The average molecular weight is 325 g/mol. The normalized spacial score (nSPS) is 10.2. The number of carbonyl (C=O) groups is 1. The van der Waals surface area contributed by atoms with Gasteiger partial charge < -0.3 is 15.8 Å². The number of halogens is 2. The maximum Gasteiger partial charge on any atom is 0.251 e. The number of amides is 1. The second-order valence-corrected chi connectivity index (χ2v) is 5.15. The molecule has 0 unspecified atom stereocenters. The molecule has 0 spiro atoms. The first-order chi connectivity index (χ1) is 10.0. The highest BCUT2D eigenvalue weighted by molar-refractivity contribution is 6.33. The van der Waals surface area contributed by atoms with Crippen LogP contribution in [0.4, 0.5) is 5.69 Å². The molecule has 110 valence electrons. The molecule has 0 heterocycles. The third kappa shape index (κ3) is 3.60. The number of hydrogen-bond acceptors (Lipinski definition) is 3. The van der Waals surface area contributed by atoms with Crippen LogP contribution in [0.1, 0.15) is 15.9 Å². The van der Waals surface area contributed by atoms with Crippen molar-refractivity contribution in [3.05, 3.63) is 57.6 Å². The Morgan fingerprint density at radius 3 is 2.67 bits per heavy atom. The van der Waals surface area contributed by atoms with Gasteiger partial charge in [-0.3, -0.25) is 4.79 Å². The zero-order chi connectivity index (χ0) is 15.4. The number of anilines is 1. The summed E-state index contributed by atoms with van der Waals surface area (Å²) in [6, 6.07) is 10.0. The molecule has 2 rings (SSSR count). The standard InChI is InChI=1S/C15H14Cl2N2O2/c1-21-14-4-2-3-11(16)10(14)8-19-15(20)9-5-6-13(18)12(17)7-9/h2-7H,8,18H2,1H3,(H,19,20). The quantitative estimate of drug-likeness (QED) is 0.846. The summed E-state index contributed by atoms with van der Waals surface area (Å²) in [7, 11) is 1.55. The van der Waals surface area contributed by atoms with Crippen molar-refractivity contribution in [2.75, 3.05) is 12.8 Å². The summed E-state index contributed by atoms with van der Waals surface area (Å²) in [6.07, 6.45) is 0. The summed E-state index contributed by atoms with van der Waals surface area (Å²) in [6.45, 7) is 0.254. The Hall–Kier alpha value is -1.91. The van der Waals surface area contributed by atoms with Crippen molar-refractivity contribution in [2.24, 2.45) is 0 Å². The van der Waals surface area contributed by atoms with Crippen molar-refractivity contribution in [3.8, 4) is 5.75 Å². The number of benzene rings is 2. The van der Waals surface area contributed by atoms with E-state index < -0.39 is 0 Å². The summed E-state index contributed by atoms with van der Waals surface area (Å²) in [5.74, 6) is 0.358. The molecule has 6 heteroatoms. The molecule has 0 bridgehead atoms. The Bertz CT molecular complexity index is 675. The van der Waals surface area contributed by atoms with Crippen molar-refractivity contribution in [1.29, 1.82) is 0 Å². The van der Waals surface area contributed by atoms with Gasteiger partial charge in [0.15, 0.2) is 0 Å². The van der Waals surface area contributed by atoms with E-state index in [1.165, 1.54) is 6.07 Å². The molecule has 1 amide bonds. The molecular formula is C15H14Cl2N2O2. The lowest BCUT2D eigenvalue weighted by Gasteiger charge is -2.11. The van der Waals surface area contributed by atoms with Crippen molar-refractivity contribution in [1.82, 2.24) is 5.32 Å². The van der Waals surface area contributed by atoms with Crippen LogP contribution in [0.5, 0.6) is 5.75 Å². The number of nitrogens with two attached hydrogens (primary N) is 1. The van der Waals surface area contributed by atoms with Crippen molar-refractivity contribution < 1.29 is 9.53 Å². The highest BCUT2D eigenvalue weighted by Crippen LogP contribution is 2.26. The highest BCUT2D eigenvalue weighted by atomic mass is 35.5. The van der Waals surface area contributed by atoms with Gasteiger partial charge in [0, 0.05) is 22.7 Å². The summed E-state index contributed by atoms with van der Waals surface area (Å²) in [4.78, 5) is 12.1. The fraction of sp³-hybridized carbons (Fsp3) is 0.133. The highest BCUT2D eigenvalue weighted by Gasteiger charge is 2.11. The maximum absolute atomic E-state index is 12.1. The molecule has 4 nitrogen and oxygen atoms in total. The van der Waals surface area contributed by atoms with Gasteiger partial charge in [0.25, 0.3) is 5.91 Å². The molecule has 2 aromatic carbocycles. The summed E-state index contributed by atoms with van der Waals surface area (Å²) in [5, 5.41) is 3.65. The van der Waals surface area contributed by atoms with Gasteiger partial charge in [-0.2, -0.15) is 0 Å². The second kappa shape index (κ2) is 6.70. The molecule has 21 heavy (non-hydrogen) atoms. The summed E-state index contributed by atoms with van der Waals surface area (Å²) < 4.78 is 5.23. The van der Waals surface area contributed by atoms with E-state index in [4.69, 9.17) is 33.7 Å². The first-order valence-electron chi connectivity index (χ1n) is 6.17. The SMILES string of the molecule is COc1cccc(Cl)c1CNC(=O)c1ccc(N)c(Cl)c1. The van der Waals surface area contributed by atoms with Gasteiger partial charge in [-0.1, -0.05) is 29.3 Å². The molecule has 0 aliphatic heterocycles. The van der Waals surface area contributed by atoms with Gasteiger partial charge in [0.05, 0.1) is 17.8 Å². The van der Waals surface area contributed by atoms with Crippen LogP contribution in [0.3, 0.4) is 0 Å². The Morgan fingerprint density at radius 2 is 2.00 bits per heavy atom. The van der Waals surface area contributed by atoms with Crippen molar-refractivity contribution in [3.63, 3.8) is 0 Å². The minimum atomic E-state index is -0.265. The Labute approximate surface area is 132 Å². The Morgan fingerprint density at radius 1 is 1.24 bits per heavy atom. The number of methoxy groups -OCH3 is 1. The number of carbonyl (C=O) groups excluding carboxylic acids is 1. The van der Waals surface area contributed by atoms with Gasteiger partial charge in [-0.25, -0.2) is 0 Å². The van der Waals surface area contributed by atoms with Crippen LogP contribution in [0.2, 0.25) is 10.0 Å². The Balaban J connectivity index is 2.13. The molecule has 0 saturated heterocycles. The number of nitrogen functional groups attached to an aromatic ring is 1. The number of rotatable bonds is 4. The van der Waals surface area contributed by atoms with Crippen LogP contribution >= 0.6 is 23.2 Å². The number of ether oxygens (including phenoxy) is 1. The van der Waals surface area contributed by atoms with E-state index >= 15 is 0 Å². The lowest BCUT2D eigenvalue weighted by atomic mass is 10.1. The third-order valence-electron chi connectivity index (χ3n) is 2.98. The minimum absolute atomic E-state index is 0.254. The molecule has 2 aromatic rings. The van der Waals surface area contributed by atoms with Crippen LogP contribution in [0.25, 0.3) is 0 Å². The molecule has 0 radical (unpaired) electrons. The second-order valence-electron chi connectivity index (χ2n) is 4.34. The van der Waals surface area contributed by atoms with Crippen LogP contribution < -0.4 is 15.8 Å². The van der Waals surface area contributed by atoms with Crippen LogP contribution in [0, 0.1) is 0 Å². The van der Waals surface area contributed by atoms with Crippen molar-refractivity contribution in [2.45, 2.75) is 6.54 Å². The van der Waals surface area contributed by atoms with E-state index in [0.29, 0.717) is 27.0 Å². The molecule has 3 N–H and O–H groups in total. The lowest BCUT2D eigenvalue weighted by molar-refractivity contribution is 0.0950. The predicted octanol–water partition coefficient (Wildman–Crippen LogP) is 3.51. The van der Waals surface area contributed by atoms with Crippen LogP contribution in [-0.4, -0.2) is 13.0 Å². The first kappa shape index (κ1) is 15.5. The van der Waals surface area contributed by atoms with E-state index in [9.17, 15) is 4.79 Å². The molecule has 0 saturated carbocycles. The number of hydrogen-bond donors (Lipinski definition) is 2. The van der Waals surface area contributed by atoms with Gasteiger partial charge in [0.1, 0.15) is 5.75 Å². The van der Waals surface area contributed by atoms with E-state index in [0.717, 1.165) is 5.56 Å². The van der Waals surface area contributed by atoms with E-state index in [1.54, 1.807) is 37.4 Å². The first-order valence-corrected chi connectivity index (χ1v) is 6.93. The van der Waals surface area contributed by atoms with Gasteiger partial charge >= 0.3 is 0 Å². The van der Waals surface area contributed by atoms with E-state index in [1.807, 2.05) is 0 Å². The van der Waals surface area contributed by atoms with Crippen molar-refractivity contribution >= 4 is 34.8 Å². The summed E-state index contributed by atoms with van der Waals surface area (Å²) in [5.41, 5.74) is 7.20. The largest absolute Gasteiger partial charge is 0.496 e. The number of nitrogens with one attached hydrogen (secondary N) is 1. The van der Waals surface area contributed by atoms with Gasteiger partial charge in [-0.05, 0) is 30.3 Å². The van der Waals surface area contributed by atoms with Crippen LogP contribution in [0.15, 0.2) is 36.4 Å².